The second-order valence-electron chi connectivity index (χ2n) is 7.73. The number of anilines is 2. The van der Waals surface area contributed by atoms with E-state index in [-0.39, 0.29) is 5.78 Å². The van der Waals surface area contributed by atoms with Gasteiger partial charge >= 0.3 is 0 Å². The number of pyridine rings is 1. The van der Waals surface area contributed by atoms with Crippen molar-refractivity contribution in [2.45, 2.75) is 57.2 Å². The Bertz CT molecular complexity index is 991. The first-order valence-electron chi connectivity index (χ1n) is 10.1. The Morgan fingerprint density at radius 2 is 1.86 bits per heavy atom. The van der Waals surface area contributed by atoms with E-state index in [0.717, 1.165) is 61.2 Å². The molecule has 28 heavy (non-hydrogen) atoms. The summed E-state index contributed by atoms with van der Waals surface area (Å²) in [5, 5.41) is 7.96. The van der Waals surface area contributed by atoms with Crippen LogP contribution < -0.4 is 10.6 Å². The Morgan fingerprint density at radius 3 is 2.64 bits per heavy atom. The third kappa shape index (κ3) is 3.32. The smallest absolute Gasteiger partial charge is 0.224 e. The maximum Gasteiger partial charge on any atom is 0.224 e. The van der Waals surface area contributed by atoms with Crippen LogP contribution in [0.1, 0.15) is 49.0 Å². The Labute approximate surface area is 163 Å². The number of carbonyl (C=O) groups excluding carboxylic acids is 1. The lowest BCUT2D eigenvalue weighted by Crippen LogP contribution is -2.33. The molecule has 0 atom stereocenters. The van der Waals surface area contributed by atoms with Gasteiger partial charge in [-0.15, -0.1) is 0 Å². The fraction of sp³-hybridized carbons (Fsp3) is 0.429. The number of hydrogen-bond donors (Lipinski definition) is 2. The van der Waals surface area contributed by atoms with E-state index in [4.69, 9.17) is 4.98 Å². The number of ketones is 1. The third-order valence-electron chi connectivity index (χ3n) is 5.78. The van der Waals surface area contributed by atoms with Crippen LogP contribution in [0.3, 0.4) is 0 Å². The highest BCUT2D eigenvalue weighted by atomic mass is 16.1. The summed E-state index contributed by atoms with van der Waals surface area (Å²) >= 11 is 0. The summed E-state index contributed by atoms with van der Waals surface area (Å²) in [5.41, 5.74) is 1.64. The standard InChI is InChI=1S/C21H24N6O/c28-18-4-3-11-27-17(18)12-14-13-23-21(26-20(14)27)25-16-8-6-15(7-9-16)24-19-5-1-2-10-22-19/h1-2,5,10,12-13,15-16H,3-4,6-9,11H2,(H,22,24)(H,23,25,26). The van der Waals surface area contributed by atoms with E-state index in [1.807, 2.05) is 41.2 Å². The Balaban J connectivity index is 1.24. The highest BCUT2D eigenvalue weighted by Crippen LogP contribution is 2.26. The summed E-state index contributed by atoms with van der Waals surface area (Å²) in [5.74, 6) is 1.81. The van der Waals surface area contributed by atoms with Crippen LogP contribution in [0.15, 0.2) is 36.7 Å². The summed E-state index contributed by atoms with van der Waals surface area (Å²) in [6.07, 6.45) is 9.47. The molecule has 0 bridgehead atoms. The Kier molecular flexibility index (Phi) is 4.43. The number of fused-ring (bicyclic) bond motifs is 3. The molecule has 2 N–H and O–H groups in total. The molecular weight excluding hydrogens is 352 g/mol. The van der Waals surface area contributed by atoms with Gasteiger partial charge in [-0.25, -0.2) is 9.97 Å². The summed E-state index contributed by atoms with van der Waals surface area (Å²) in [6, 6.07) is 8.70. The predicted molar refractivity (Wildman–Crippen MR) is 109 cm³/mol. The van der Waals surface area contributed by atoms with Gasteiger partial charge in [0.05, 0.1) is 5.69 Å². The average Bonchev–Trinajstić information content (AvgIpc) is 3.10. The van der Waals surface area contributed by atoms with Crippen LogP contribution in [0.5, 0.6) is 0 Å². The normalized spacial score (nSPS) is 22.1. The van der Waals surface area contributed by atoms with Crippen molar-refractivity contribution < 1.29 is 4.79 Å². The molecule has 0 spiro atoms. The van der Waals surface area contributed by atoms with Crippen molar-refractivity contribution in [3.8, 4) is 0 Å². The lowest BCUT2D eigenvalue weighted by atomic mass is 9.91. The van der Waals surface area contributed by atoms with Gasteiger partial charge in [-0.05, 0) is 50.3 Å². The van der Waals surface area contributed by atoms with E-state index >= 15 is 0 Å². The monoisotopic (exact) mass is 376 g/mol. The predicted octanol–water partition coefficient (Wildman–Crippen LogP) is 3.64. The van der Waals surface area contributed by atoms with Crippen molar-refractivity contribution in [1.82, 2.24) is 19.5 Å². The van der Waals surface area contributed by atoms with Gasteiger partial charge in [-0.2, -0.15) is 4.98 Å². The molecule has 0 aromatic carbocycles. The van der Waals surface area contributed by atoms with E-state index in [0.29, 0.717) is 24.5 Å². The first-order chi connectivity index (χ1) is 13.8. The molecule has 7 nitrogen and oxygen atoms in total. The van der Waals surface area contributed by atoms with Crippen LogP contribution in [0.25, 0.3) is 11.0 Å². The molecule has 144 valence electrons. The number of nitrogens with one attached hydrogen (secondary N) is 2. The zero-order chi connectivity index (χ0) is 18.9. The molecule has 3 aromatic heterocycles. The van der Waals surface area contributed by atoms with Gasteiger partial charge in [0.2, 0.25) is 5.95 Å². The van der Waals surface area contributed by atoms with Crippen LogP contribution in [0, 0.1) is 0 Å². The minimum atomic E-state index is 0.206. The zero-order valence-corrected chi connectivity index (χ0v) is 15.8. The van der Waals surface area contributed by atoms with Crippen molar-refractivity contribution in [3.05, 3.63) is 42.4 Å². The highest BCUT2D eigenvalue weighted by molar-refractivity contribution is 6.00. The number of rotatable bonds is 4. The van der Waals surface area contributed by atoms with Crippen molar-refractivity contribution in [2.24, 2.45) is 0 Å². The lowest BCUT2D eigenvalue weighted by molar-refractivity contribution is 0.0956. The molecule has 0 unspecified atom stereocenters. The SMILES string of the molecule is O=C1CCCn2c1cc1cnc(NC3CCC(Nc4ccccn4)CC3)nc12. The first kappa shape index (κ1) is 17.2. The maximum absolute atomic E-state index is 12.1. The second-order valence-corrected chi connectivity index (χ2v) is 7.73. The molecule has 1 fully saturated rings. The summed E-state index contributed by atoms with van der Waals surface area (Å²) in [7, 11) is 0. The maximum atomic E-state index is 12.1. The van der Waals surface area contributed by atoms with E-state index in [9.17, 15) is 4.79 Å². The van der Waals surface area contributed by atoms with Crippen LogP contribution >= 0.6 is 0 Å². The van der Waals surface area contributed by atoms with Gasteiger partial charge in [0.15, 0.2) is 5.78 Å². The number of hydrogen-bond acceptors (Lipinski definition) is 6. The largest absolute Gasteiger partial charge is 0.367 e. The van der Waals surface area contributed by atoms with E-state index in [1.165, 1.54) is 0 Å². The number of Topliss-reactive ketones (excluding diaryl/α,β-unsaturated/α-hetero) is 1. The number of aryl methyl sites for hydroxylation is 1. The van der Waals surface area contributed by atoms with Gasteiger partial charge in [-0.3, -0.25) is 4.79 Å². The molecule has 1 aliphatic carbocycles. The minimum Gasteiger partial charge on any atom is -0.367 e. The molecular formula is C21H24N6O. The molecule has 0 amide bonds. The molecule has 1 aliphatic heterocycles. The molecule has 2 aliphatic rings. The molecule has 7 heteroatoms. The van der Waals surface area contributed by atoms with Gasteiger partial charge in [0, 0.05) is 42.8 Å². The number of carbonyl (C=O) groups is 1. The van der Waals surface area contributed by atoms with Crippen LogP contribution in [-0.2, 0) is 6.54 Å². The topological polar surface area (TPSA) is 84.7 Å². The summed E-state index contributed by atoms with van der Waals surface area (Å²) in [4.78, 5) is 25.7. The average molecular weight is 376 g/mol. The first-order valence-corrected chi connectivity index (χ1v) is 10.1. The number of aromatic nitrogens is 4. The molecule has 5 rings (SSSR count). The Morgan fingerprint density at radius 1 is 1.04 bits per heavy atom. The van der Waals surface area contributed by atoms with Crippen molar-refractivity contribution >= 4 is 28.6 Å². The zero-order valence-electron chi connectivity index (χ0n) is 15.8. The van der Waals surface area contributed by atoms with Gasteiger partial charge in [0.1, 0.15) is 11.5 Å². The molecule has 3 aromatic rings. The fourth-order valence-electron chi connectivity index (χ4n) is 4.31. The van der Waals surface area contributed by atoms with Crippen LogP contribution in [0.2, 0.25) is 0 Å². The molecule has 0 saturated heterocycles. The number of nitrogens with zero attached hydrogens (tertiary/aromatic N) is 4. The van der Waals surface area contributed by atoms with Crippen molar-refractivity contribution in [1.29, 1.82) is 0 Å². The van der Waals surface area contributed by atoms with Gasteiger partial charge < -0.3 is 15.2 Å². The fourth-order valence-corrected chi connectivity index (χ4v) is 4.31. The minimum absolute atomic E-state index is 0.206. The van der Waals surface area contributed by atoms with Gasteiger partial charge in [0.25, 0.3) is 0 Å². The molecule has 4 heterocycles. The van der Waals surface area contributed by atoms with E-state index in [2.05, 4.69) is 20.6 Å². The van der Waals surface area contributed by atoms with Crippen LogP contribution in [0.4, 0.5) is 11.8 Å². The Hall–Kier alpha value is -2.96. The lowest BCUT2D eigenvalue weighted by Gasteiger charge is -2.30. The summed E-state index contributed by atoms with van der Waals surface area (Å²) < 4.78 is 2.04. The molecule has 0 radical (unpaired) electrons. The summed E-state index contributed by atoms with van der Waals surface area (Å²) in [6.45, 7) is 0.853. The van der Waals surface area contributed by atoms with Crippen molar-refractivity contribution in [3.63, 3.8) is 0 Å². The highest BCUT2D eigenvalue weighted by Gasteiger charge is 2.23. The van der Waals surface area contributed by atoms with Gasteiger partial charge in [-0.1, -0.05) is 6.07 Å². The van der Waals surface area contributed by atoms with Crippen LogP contribution in [-0.4, -0.2) is 37.4 Å². The van der Waals surface area contributed by atoms with Crippen molar-refractivity contribution in [2.75, 3.05) is 10.6 Å². The van der Waals surface area contributed by atoms with E-state index < -0.39 is 0 Å². The second kappa shape index (κ2) is 7.22. The van der Waals surface area contributed by atoms with E-state index in [1.54, 1.807) is 0 Å². The quantitative estimate of drug-likeness (QED) is 0.723. The third-order valence-corrected chi connectivity index (χ3v) is 5.78. The molecule has 1 saturated carbocycles.